The minimum atomic E-state index is -0.428. The van der Waals surface area contributed by atoms with Crippen LogP contribution >= 0.6 is 0 Å². The van der Waals surface area contributed by atoms with E-state index in [0.29, 0.717) is 12.1 Å². The van der Waals surface area contributed by atoms with Gasteiger partial charge in [0.2, 0.25) is 0 Å². The summed E-state index contributed by atoms with van der Waals surface area (Å²) in [6, 6.07) is 1.45. The number of carbonyl (C=O) groups is 1. The molecule has 0 aromatic rings. The quantitative estimate of drug-likeness (QED) is 0.816. The second kappa shape index (κ2) is 8.34. The van der Waals surface area contributed by atoms with Gasteiger partial charge in [-0.2, -0.15) is 0 Å². The lowest BCUT2D eigenvalue weighted by Crippen LogP contribution is -2.48. The Morgan fingerprint density at radius 3 is 2.61 bits per heavy atom. The maximum Gasteiger partial charge on any atom is 0.407 e. The van der Waals surface area contributed by atoms with Gasteiger partial charge in [-0.1, -0.05) is 6.92 Å². The molecule has 2 rings (SSSR count). The Balaban J connectivity index is 1.72. The number of alkyl carbamates (subject to hydrolysis) is 1. The molecule has 0 spiro atoms. The zero-order valence-corrected chi connectivity index (χ0v) is 15.4. The number of hydrogen-bond donors (Lipinski definition) is 2. The summed E-state index contributed by atoms with van der Waals surface area (Å²) in [6.45, 7) is 11.4. The van der Waals surface area contributed by atoms with Crippen LogP contribution in [0.25, 0.3) is 0 Å². The van der Waals surface area contributed by atoms with Crippen molar-refractivity contribution in [2.45, 2.75) is 89.9 Å². The largest absolute Gasteiger partial charge is 0.444 e. The van der Waals surface area contributed by atoms with Crippen LogP contribution < -0.4 is 10.6 Å². The third-order valence-corrected chi connectivity index (χ3v) is 4.94. The molecule has 3 unspecified atom stereocenters. The van der Waals surface area contributed by atoms with Gasteiger partial charge in [0.25, 0.3) is 0 Å². The van der Waals surface area contributed by atoms with E-state index in [1.54, 1.807) is 0 Å². The number of amides is 1. The Morgan fingerprint density at radius 2 is 1.91 bits per heavy atom. The molecule has 23 heavy (non-hydrogen) atoms. The van der Waals surface area contributed by atoms with Gasteiger partial charge >= 0.3 is 6.09 Å². The van der Waals surface area contributed by atoms with Gasteiger partial charge in [0, 0.05) is 24.7 Å². The smallest absolute Gasteiger partial charge is 0.407 e. The first-order valence-corrected chi connectivity index (χ1v) is 9.34. The van der Waals surface area contributed by atoms with Gasteiger partial charge in [-0.05, 0) is 72.4 Å². The minimum absolute atomic E-state index is 0.238. The molecule has 1 heterocycles. The van der Waals surface area contributed by atoms with Crippen molar-refractivity contribution in [3.63, 3.8) is 0 Å². The lowest BCUT2D eigenvalue weighted by atomic mass is 9.91. The van der Waals surface area contributed by atoms with E-state index in [9.17, 15) is 4.79 Å². The molecule has 5 heteroatoms. The van der Waals surface area contributed by atoms with Crippen LogP contribution in [0.5, 0.6) is 0 Å². The lowest BCUT2D eigenvalue weighted by molar-refractivity contribution is 0.0488. The summed E-state index contributed by atoms with van der Waals surface area (Å²) in [5, 5.41) is 6.79. The summed E-state index contributed by atoms with van der Waals surface area (Å²) in [4.78, 5) is 14.5. The summed E-state index contributed by atoms with van der Waals surface area (Å²) in [7, 11) is 0. The highest BCUT2D eigenvalue weighted by Crippen LogP contribution is 2.21. The Hall–Kier alpha value is -0.810. The number of nitrogens with one attached hydrogen (secondary N) is 2. The van der Waals surface area contributed by atoms with E-state index in [1.165, 1.54) is 32.2 Å². The van der Waals surface area contributed by atoms with Gasteiger partial charge in [-0.3, -0.25) is 4.90 Å². The molecule has 5 nitrogen and oxygen atoms in total. The molecule has 1 aliphatic carbocycles. The maximum atomic E-state index is 11.9. The maximum absolute atomic E-state index is 11.9. The predicted molar refractivity (Wildman–Crippen MR) is 93.7 cm³/mol. The molecule has 0 aromatic carbocycles. The number of likely N-dealkylation sites (N-methyl/N-ethyl adjacent to an activating group) is 1. The first-order valence-electron chi connectivity index (χ1n) is 9.34. The van der Waals surface area contributed by atoms with Crippen molar-refractivity contribution in [2.24, 2.45) is 0 Å². The second-order valence-electron chi connectivity index (χ2n) is 8.04. The van der Waals surface area contributed by atoms with Crippen molar-refractivity contribution in [3.05, 3.63) is 0 Å². The normalized spacial score (nSPS) is 29.5. The van der Waals surface area contributed by atoms with Gasteiger partial charge < -0.3 is 15.4 Å². The van der Waals surface area contributed by atoms with Crippen LogP contribution in [0.15, 0.2) is 0 Å². The molecule has 0 bridgehead atoms. The summed E-state index contributed by atoms with van der Waals surface area (Å²) < 4.78 is 5.37. The molecule has 2 N–H and O–H groups in total. The van der Waals surface area contributed by atoms with Crippen molar-refractivity contribution >= 4 is 6.09 Å². The average molecular weight is 325 g/mol. The van der Waals surface area contributed by atoms with Crippen molar-refractivity contribution < 1.29 is 9.53 Å². The zero-order chi connectivity index (χ0) is 16.9. The highest BCUT2D eigenvalue weighted by Gasteiger charge is 2.27. The van der Waals surface area contributed by atoms with E-state index in [1.807, 2.05) is 20.8 Å². The third-order valence-electron chi connectivity index (χ3n) is 4.94. The van der Waals surface area contributed by atoms with Gasteiger partial charge in [-0.15, -0.1) is 0 Å². The van der Waals surface area contributed by atoms with Gasteiger partial charge in [0.1, 0.15) is 5.60 Å². The molecule has 0 radical (unpaired) electrons. The van der Waals surface area contributed by atoms with Crippen LogP contribution in [0.2, 0.25) is 0 Å². The van der Waals surface area contributed by atoms with Crippen molar-refractivity contribution in [2.75, 3.05) is 19.6 Å². The standard InChI is InChI=1S/C18H35N3O2/c1-5-21-11-7-10-16(21)13-19-14-8-6-9-15(12-14)20-17(22)23-18(2,3)4/h14-16,19H,5-13H2,1-4H3,(H,20,22). The molecule has 1 aliphatic heterocycles. The van der Waals surface area contributed by atoms with Crippen LogP contribution in [0.4, 0.5) is 4.79 Å². The van der Waals surface area contributed by atoms with E-state index in [2.05, 4.69) is 22.5 Å². The number of carbonyl (C=O) groups excluding carboxylic acids is 1. The van der Waals surface area contributed by atoms with E-state index < -0.39 is 5.60 Å². The zero-order valence-electron chi connectivity index (χ0n) is 15.4. The Labute approximate surface area is 141 Å². The first-order chi connectivity index (χ1) is 10.9. The molecule has 2 aliphatic rings. The second-order valence-corrected chi connectivity index (χ2v) is 8.04. The Morgan fingerprint density at radius 1 is 1.17 bits per heavy atom. The van der Waals surface area contributed by atoms with Crippen LogP contribution in [0.1, 0.15) is 66.2 Å². The molecule has 2 fully saturated rings. The highest BCUT2D eigenvalue weighted by molar-refractivity contribution is 5.68. The number of hydrogen-bond acceptors (Lipinski definition) is 4. The summed E-state index contributed by atoms with van der Waals surface area (Å²) in [6.07, 6.45) is 6.81. The van der Waals surface area contributed by atoms with E-state index in [0.717, 1.165) is 25.9 Å². The third kappa shape index (κ3) is 6.30. The molecular formula is C18H35N3O2. The lowest BCUT2D eigenvalue weighted by Gasteiger charge is -2.33. The molecule has 3 atom stereocenters. The van der Waals surface area contributed by atoms with E-state index in [-0.39, 0.29) is 12.1 Å². The number of rotatable bonds is 5. The van der Waals surface area contributed by atoms with Gasteiger partial charge in [-0.25, -0.2) is 4.79 Å². The van der Waals surface area contributed by atoms with Crippen molar-refractivity contribution in [1.29, 1.82) is 0 Å². The molecular weight excluding hydrogens is 290 g/mol. The van der Waals surface area contributed by atoms with E-state index in [4.69, 9.17) is 4.74 Å². The topological polar surface area (TPSA) is 53.6 Å². The number of ether oxygens (including phenoxy) is 1. The first kappa shape index (κ1) is 18.5. The molecule has 1 saturated heterocycles. The molecule has 1 saturated carbocycles. The number of likely N-dealkylation sites (tertiary alicyclic amines) is 1. The minimum Gasteiger partial charge on any atom is -0.444 e. The van der Waals surface area contributed by atoms with Crippen molar-refractivity contribution in [3.8, 4) is 0 Å². The fourth-order valence-corrected chi connectivity index (χ4v) is 3.83. The van der Waals surface area contributed by atoms with Crippen LogP contribution in [0, 0.1) is 0 Å². The van der Waals surface area contributed by atoms with Crippen molar-refractivity contribution in [1.82, 2.24) is 15.5 Å². The monoisotopic (exact) mass is 325 g/mol. The highest BCUT2D eigenvalue weighted by atomic mass is 16.6. The Bertz CT molecular complexity index is 381. The van der Waals surface area contributed by atoms with Crippen LogP contribution in [0.3, 0.4) is 0 Å². The Kier molecular flexibility index (Phi) is 6.72. The van der Waals surface area contributed by atoms with Gasteiger partial charge in [0.15, 0.2) is 0 Å². The van der Waals surface area contributed by atoms with Crippen LogP contribution in [-0.4, -0.2) is 54.4 Å². The van der Waals surface area contributed by atoms with E-state index >= 15 is 0 Å². The summed E-state index contributed by atoms with van der Waals surface area (Å²) in [5.41, 5.74) is -0.428. The number of nitrogens with zero attached hydrogens (tertiary/aromatic N) is 1. The molecule has 1 amide bonds. The summed E-state index contributed by atoms with van der Waals surface area (Å²) >= 11 is 0. The van der Waals surface area contributed by atoms with Gasteiger partial charge in [0.05, 0.1) is 0 Å². The fraction of sp³-hybridized carbons (Fsp3) is 0.944. The molecule has 134 valence electrons. The molecule has 0 aromatic heterocycles. The SMILES string of the molecule is CCN1CCCC1CNC1CCCC(NC(=O)OC(C)(C)C)C1. The fourth-order valence-electron chi connectivity index (χ4n) is 3.83. The average Bonchev–Trinajstić information content (AvgIpc) is 2.90. The predicted octanol–water partition coefficient (Wildman–Crippen LogP) is 2.90. The van der Waals surface area contributed by atoms with Crippen LogP contribution in [-0.2, 0) is 4.74 Å². The summed E-state index contributed by atoms with van der Waals surface area (Å²) in [5.74, 6) is 0.